The Morgan fingerprint density at radius 2 is 2.06 bits per heavy atom. The Labute approximate surface area is 111 Å². The van der Waals surface area contributed by atoms with Gasteiger partial charge in [0.2, 0.25) is 0 Å². The van der Waals surface area contributed by atoms with Gasteiger partial charge in [-0.3, -0.25) is 9.13 Å². The molecule has 0 bridgehead atoms. The molecule has 0 aliphatic carbocycles. The van der Waals surface area contributed by atoms with E-state index in [0.29, 0.717) is 11.6 Å². The van der Waals surface area contributed by atoms with Crippen LogP contribution < -0.4 is 5.69 Å². The van der Waals surface area contributed by atoms with Gasteiger partial charge in [0.1, 0.15) is 0 Å². The molecule has 0 amide bonds. The summed E-state index contributed by atoms with van der Waals surface area (Å²) >= 11 is 5.93. The number of hydrogen-bond donors (Lipinski definition) is 0. The van der Waals surface area contributed by atoms with E-state index in [0.717, 1.165) is 12.2 Å². The van der Waals surface area contributed by atoms with Crippen molar-refractivity contribution in [1.29, 1.82) is 0 Å². The van der Waals surface area contributed by atoms with Crippen LogP contribution in [-0.2, 0) is 6.54 Å². The highest BCUT2D eigenvalue weighted by Crippen LogP contribution is 2.13. The molecule has 0 aliphatic heterocycles. The minimum absolute atomic E-state index is 0.0425. The van der Waals surface area contributed by atoms with Crippen LogP contribution in [0.1, 0.15) is 0 Å². The second-order valence-electron chi connectivity index (χ2n) is 4.43. The lowest BCUT2D eigenvalue weighted by molar-refractivity contribution is 0.380. The maximum Gasteiger partial charge on any atom is 0.332 e. The van der Waals surface area contributed by atoms with E-state index in [2.05, 4.69) is 0 Å². The van der Waals surface area contributed by atoms with Crippen molar-refractivity contribution >= 4 is 11.6 Å². The second kappa shape index (κ2) is 5.42. The highest BCUT2D eigenvalue weighted by Gasteiger charge is 2.05. The predicted molar refractivity (Wildman–Crippen MR) is 73.6 cm³/mol. The summed E-state index contributed by atoms with van der Waals surface area (Å²) in [4.78, 5) is 14.2. The molecule has 0 radical (unpaired) electrons. The fourth-order valence-electron chi connectivity index (χ4n) is 1.71. The number of benzene rings is 1. The van der Waals surface area contributed by atoms with Crippen molar-refractivity contribution in [3.05, 3.63) is 52.2 Å². The van der Waals surface area contributed by atoms with E-state index in [-0.39, 0.29) is 5.69 Å². The maximum absolute atomic E-state index is 12.2. The van der Waals surface area contributed by atoms with Gasteiger partial charge in [-0.25, -0.2) is 4.79 Å². The van der Waals surface area contributed by atoms with Crippen LogP contribution in [-0.4, -0.2) is 34.7 Å². The zero-order chi connectivity index (χ0) is 13.1. The van der Waals surface area contributed by atoms with Crippen LogP contribution >= 0.6 is 11.6 Å². The van der Waals surface area contributed by atoms with Gasteiger partial charge in [-0.2, -0.15) is 0 Å². The third-order valence-electron chi connectivity index (χ3n) is 2.72. The van der Waals surface area contributed by atoms with E-state index >= 15 is 0 Å². The van der Waals surface area contributed by atoms with Crippen molar-refractivity contribution in [2.75, 3.05) is 20.6 Å². The van der Waals surface area contributed by atoms with Gasteiger partial charge >= 0.3 is 5.69 Å². The van der Waals surface area contributed by atoms with Gasteiger partial charge in [-0.1, -0.05) is 17.7 Å². The van der Waals surface area contributed by atoms with Crippen molar-refractivity contribution in [1.82, 2.24) is 14.0 Å². The Hall–Kier alpha value is -1.52. The number of imidazole rings is 1. The molecule has 0 saturated heterocycles. The first-order valence-corrected chi connectivity index (χ1v) is 6.14. The summed E-state index contributed by atoms with van der Waals surface area (Å²) in [5.41, 5.74) is 0.746. The molecule has 0 spiro atoms. The second-order valence-corrected chi connectivity index (χ2v) is 4.86. The molecule has 1 aromatic heterocycles. The summed E-state index contributed by atoms with van der Waals surface area (Å²) in [6.07, 6.45) is 3.57. The van der Waals surface area contributed by atoms with E-state index in [1.165, 1.54) is 0 Å². The summed E-state index contributed by atoms with van der Waals surface area (Å²) in [6.45, 7) is 1.51. The lowest BCUT2D eigenvalue weighted by Gasteiger charge is -2.08. The Morgan fingerprint density at radius 1 is 1.28 bits per heavy atom. The highest BCUT2D eigenvalue weighted by atomic mass is 35.5. The van der Waals surface area contributed by atoms with E-state index in [1.807, 2.05) is 31.1 Å². The van der Waals surface area contributed by atoms with Crippen LogP contribution in [0, 0.1) is 0 Å². The Kier molecular flexibility index (Phi) is 3.89. The Bertz CT molecular complexity index is 586. The van der Waals surface area contributed by atoms with Crippen molar-refractivity contribution < 1.29 is 0 Å². The van der Waals surface area contributed by atoms with Crippen LogP contribution in [0.5, 0.6) is 0 Å². The molecule has 0 fully saturated rings. The first-order valence-electron chi connectivity index (χ1n) is 5.76. The largest absolute Gasteiger partial charge is 0.332 e. The van der Waals surface area contributed by atoms with Crippen LogP contribution in [0.15, 0.2) is 41.5 Å². The van der Waals surface area contributed by atoms with Gasteiger partial charge in [0, 0.05) is 30.5 Å². The number of rotatable bonds is 4. The van der Waals surface area contributed by atoms with Gasteiger partial charge in [0.25, 0.3) is 0 Å². The molecule has 2 aromatic rings. The molecule has 1 aromatic carbocycles. The van der Waals surface area contributed by atoms with Crippen LogP contribution in [0.4, 0.5) is 0 Å². The molecule has 1 heterocycles. The van der Waals surface area contributed by atoms with Gasteiger partial charge in [0.15, 0.2) is 0 Å². The first kappa shape index (κ1) is 12.9. The molecule has 0 atom stereocenters. The van der Waals surface area contributed by atoms with E-state index in [4.69, 9.17) is 11.6 Å². The summed E-state index contributed by atoms with van der Waals surface area (Å²) in [5, 5.41) is 0.625. The molecular weight excluding hydrogens is 250 g/mol. The molecule has 0 N–H and O–H groups in total. The van der Waals surface area contributed by atoms with Crippen molar-refractivity contribution in [3.8, 4) is 5.69 Å². The fourth-order valence-corrected chi connectivity index (χ4v) is 1.90. The lowest BCUT2D eigenvalue weighted by atomic mass is 10.3. The minimum Gasteiger partial charge on any atom is -0.308 e. The molecule has 5 heteroatoms. The normalized spacial score (nSPS) is 11.1. The van der Waals surface area contributed by atoms with Crippen LogP contribution in [0.25, 0.3) is 5.69 Å². The fraction of sp³-hybridized carbons (Fsp3) is 0.308. The number of nitrogens with zero attached hydrogens (tertiary/aromatic N) is 3. The highest BCUT2D eigenvalue weighted by molar-refractivity contribution is 6.30. The monoisotopic (exact) mass is 265 g/mol. The SMILES string of the molecule is CN(C)CCn1ccn(-c2cccc(Cl)c2)c1=O. The lowest BCUT2D eigenvalue weighted by Crippen LogP contribution is -2.27. The third kappa shape index (κ3) is 2.83. The summed E-state index contributed by atoms with van der Waals surface area (Å²) < 4.78 is 3.29. The first-order chi connectivity index (χ1) is 8.58. The average molecular weight is 266 g/mol. The Morgan fingerprint density at radius 3 is 2.72 bits per heavy atom. The number of hydrogen-bond acceptors (Lipinski definition) is 2. The van der Waals surface area contributed by atoms with E-state index < -0.39 is 0 Å². The molecule has 0 saturated carbocycles. The molecule has 2 rings (SSSR count). The predicted octanol–water partition coefficient (Wildman–Crippen LogP) is 1.85. The van der Waals surface area contributed by atoms with E-state index in [9.17, 15) is 4.79 Å². The van der Waals surface area contributed by atoms with Gasteiger partial charge in [-0.05, 0) is 32.3 Å². The van der Waals surface area contributed by atoms with Crippen LogP contribution in [0.2, 0.25) is 5.02 Å². The standard InChI is InChI=1S/C13H16ClN3O/c1-15(2)6-7-16-8-9-17(13(16)18)12-5-3-4-11(14)10-12/h3-5,8-10H,6-7H2,1-2H3. The molecule has 0 aliphatic rings. The van der Waals surface area contributed by atoms with Gasteiger partial charge in [-0.15, -0.1) is 0 Å². The zero-order valence-corrected chi connectivity index (χ0v) is 11.3. The van der Waals surface area contributed by atoms with Gasteiger partial charge < -0.3 is 4.90 Å². The minimum atomic E-state index is -0.0425. The van der Waals surface area contributed by atoms with Crippen molar-refractivity contribution in [2.45, 2.75) is 6.54 Å². The summed E-state index contributed by atoms with van der Waals surface area (Å²) in [6, 6.07) is 7.27. The molecular formula is C13H16ClN3O. The maximum atomic E-state index is 12.2. The van der Waals surface area contributed by atoms with E-state index in [1.54, 1.807) is 33.7 Å². The number of aromatic nitrogens is 2. The summed E-state index contributed by atoms with van der Waals surface area (Å²) in [7, 11) is 3.97. The van der Waals surface area contributed by atoms with Crippen LogP contribution in [0.3, 0.4) is 0 Å². The molecule has 18 heavy (non-hydrogen) atoms. The average Bonchev–Trinajstić information content (AvgIpc) is 2.68. The zero-order valence-electron chi connectivity index (χ0n) is 10.5. The van der Waals surface area contributed by atoms with Crippen molar-refractivity contribution in [2.24, 2.45) is 0 Å². The molecule has 96 valence electrons. The topological polar surface area (TPSA) is 30.2 Å². The number of likely N-dealkylation sites (N-methyl/N-ethyl adjacent to an activating group) is 1. The van der Waals surface area contributed by atoms with Crippen molar-refractivity contribution in [3.63, 3.8) is 0 Å². The van der Waals surface area contributed by atoms with Gasteiger partial charge in [0.05, 0.1) is 5.69 Å². The molecule has 4 nitrogen and oxygen atoms in total. The quantitative estimate of drug-likeness (QED) is 0.845. The summed E-state index contributed by atoms with van der Waals surface area (Å²) in [5.74, 6) is 0. The Balaban J connectivity index is 2.28. The molecule has 0 unspecified atom stereocenters. The number of halogens is 1. The smallest absolute Gasteiger partial charge is 0.308 e. The third-order valence-corrected chi connectivity index (χ3v) is 2.96.